The number of hydrogen-bond donors (Lipinski definition) is 0. The Hall–Kier alpha value is -0.730. The van der Waals surface area contributed by atoms with Crippen molar-refractivity contribution in [3.05, 3.63) is 0 Å². The van der Waals surface area contributed by atoms with Crippen LogP contribution in [0.15, 0.2) is 0 Å². The maximum atomic E-state index is 13.1. The van der Waals surface area contributed by atoms with Gasteiger partial charge < -0.3 is 9.64 Å². The minimum atomic E-state index is -0.173. The maximum absolute atomic E-state index is 13.1. The molecule has 0 saturated heterocycles. The molecule has 0 aromatic rings. The van der Waals surface area contributed by atoms with Crippen LogP contribution in [0.5, 0.6) is 0 Å². The standard InChI is InChI=1S/C26H53NO2/c1-9-11-13-15-17-24(18-16-14-12-10-2)21-29-25(28)27(20-23(5)6)26(7,8)19-22(3)4/h22-24H,9-21H2,1-8H3. The molecule has 0 aliphatic heterocycles. The highest BCUT2D eigenvalue weighted by Gasteiger charge is 2.33. The van der Waals surface area contributed by atoms with Gasteiger partial charge >= 0.3 is 6.09 Å². The Balaban J connectivity index is 4.86. The molecule has 0 heterocycles. The van der Waals surface area contributed by atoms with Crippen LogP contribution in [0.3, 0.4) is 0 Å². The SMILES string of the molecule is CCCCCCC(CCCCCC)COC(=O)N(CC(C)C)C(C)(C)CC(C)C. The molecule has 174 valence electrons. The summed E-state index contributed by atoms with van der Waals surface area (Å²) in [6.45, 7) is 19.0. The summed E-state index contributed by atoms with van der Waals surface area (Å²) in [5.74, 6) is 1.51. The van der Waals surface area contributed by atoms with Crippen molar-refractivity contribution in [1.82, 2.24) is 4.90 Å². The van der Waals surface area contributed by atoms with Gasteiger partial charge in [-0.05, 0) is 50.9 Å². The van der Waals surface area contributed by atoms with Gasteiger partial charge in [-0.2, -0.15) is 0 Å². The fourth-order valence-electron chi connectivity index (χ4n) is 4.34. The predicted octanol–water partition coefficient (Wildman–Crippen LogP) is 8.46. The second-order valence-corrected chi connectivity index (χ2v) is 10.6. The average molecular weight is 412 g/mol. The molecule has 0 saturated carbocycles. The van der Waals surface area contributed by atoms with Crippen LogP contribution in [0.2, 0.25) is 0 Å². The molecule has 0 rings (SSSR count). The van der Waals surface area contributed by atoms with Crippen molar-refractivity contribution >= 4 is 6.09 Å². The van der Waals surface area contributed by atoms with E-state index in [9.17, 15) is 4.79 Å². The highest BCUT2D eigenvalue weighted by Crippen LogP contribution is 2.26. The van der Waals surface area contributed by atoms with E-state index in [1.165, 1.54) is 64.2 Å². The van der Waals surface area contributed by atoms with Crippen LogP contribution in [0, 0.1) is 17.8 Å². The summed E-state index contributed by atoms with van der Waals surface area (Å²) >= 11 is 0. The molecule has 0 fully saturated rings. The summed E-state index contributed by atoms with van der Waals surface area (Å²) < 4.78 is 5.94. The Morgan fingerprint density at radius 3 is 1.76 bits per heavy atom. The number of carbonyl (C=O) groups excluding carboxylic acids is 1. The first-order chi connectivity index (χ1) is 13.6. The van der Waals surface area contributed by atoms with Gasteiger partial charge in [-0.25, -0.2) is 4.79 Å². The van der Waals surface area contributed by atoms with E-state index in [-0.39, 0.29) is 11.6 Å². The Labute approximate surface area is 183 Å². The van der Waals surface area contributed by atoms with Gasteiger partial charge in [-0.3, -0.25) is 0 Å². The van der Waals surface area contributed by atoms with Crippen molar-refractivity contribution < 1.29 is 9.53 Å². The number of carbonyl (C=O) groups is 1. The Kier molecular flexibility index (Phi) is 15.6. The summed E-state index contributed by atoms with van der Waals surface area (Å²) in [4.78, 5) is 15.1. The topological polar surface area (TPSA) is 29.5 Å². The van der Waals surface area contributed by atoms with E-state index < -0.39 is 0 Å². The van der Waals surface area contributed by atoms with E-state index in [2.05, 4.69) is 55.4 Å². The molecule has 0 radical (unpaired) electrons. The molecule has 0 N–H and O–H groups in total. The summed E-state index contributed by atoms with van der Waals surface area (Å²) in [6, 6.07) is 0. The first-order valence-corrected chi connectivity index (χ1v) is 12.6. The van der Waals surface area contributed by atoms with Crippen molar-refractivity contribution in [2.75, 3.05) is 13.2 Å². The average Bonchev–Trinajstić information content (AvgIpc) is 2.62. The minimum Gasteiger partial charge on any atom is -0.449 e. The quantitative estimate of drug-likeness (QED) is 0.225. The minimum absolute atomic E-state index is 0.114. The van der Waals surface area contributed by atoms with Crippen LogP contribution < -0.4 is 0 Å². The monoisotopic (exact) mass is 411 g/mol. The molecule has 0 atom stereocenters. The predicted molar refractivity (Wildman–Crippen MR) is 127 cm³/mol. The van der Waals surface area contributed by atoms with Crippen molar-refractivity contribution in [2.24, 2.45) is 17.8 Å². The number of hydrogen-bond acceptors (Lipinski definition) is 2. The van der Waals surface area contributed by atoms with Gasteiger partial charge in [0.1, 0.15) is 0 Å². The van der Waals surface area contributed by atoms with Crippen LogP contribution >= 0.6 is 0 Å². The summed E-state index contributed by atoms with van der Waals surface area (Å²) in [5.41, 5.74) is -0.173. The van der Waals surface area contributed by atoms with E-state index in [1.54, 1.807) is 0 Å². The molecular formula is C26H53NO2. The molecule has 0 aromatic heterocycles. The van der Waals surface area contributed by atoms with Crippen LogP contribution in [-0.4, -0.2) is 29.7 Å². The third-order valence-corrected chi connectivity index (χ3v) is 5.78. The Bertz CT molecular complexity index is 392. The Morgan fingerprint density at radius 2 is 1.34 bits per heavy atom. The normalized spacial score (nSPS) is 12.2. The smallest absolute Gasteiger partial charge is 0.410 e. The van der Waals surface area contributed by atoms with E-state index in [0.29, 0.717) is 24.4 Å². The van der Waals surface area contributed by atoms with Gasteiger partial charge in [0.2, 0.25) is 0 Å². The van der Waals surface area contributed by atoms with Gasteiger partial charge in [-0.1, -0.05) is 92.9 Å². The number of amides is 1. The molecule has 0 spiro atoms. The van der Waals surface area contributed by atoms with Gasteiger partial charge in [0.15, 0.2) is 0 Å². The Morgan fingerprint density at radius 1 is 0.828 bits per heavy atom. The molecule has 0 unspecified atom stereocenters. The summed E-state index contributed by atoms with van der Waals surface area (Å²) in [5, 5.41) is 0. The number of unbranched alkanes of at least 4 members (excludes halogenated alkanes) is 6. The molecule has 29 heavy (non-hydrogen) atoms. The van der Waals surface area contributed by atoms with Crippen molar-refractivity contribution in [1.29, 1.82) is 0 Å². The fraction of sp³-hybridized carbons (Fsp3) is 0.962. The molecule has 3 nitrogen and oxygen atoms in total. The van der Waals surface area contributed by atoms with Crippen molar-refractivity contribution in [2.45, 2.75) is 132 Å². The maximum Gasteiger partial charge on any atom is 0.410 e. The van der Waals surface area contributed by atoms with Crippen LogP contribution in [0.1, 0.15) is 126 Å². The lowest BCUT2D eigenvalue weighted by atomic mass is 9.90. The molecule has 0 bridgehead atoms. The van der Waals surface area contributed by atoms with Crippen molar-refractivity contribution in [3.63, 3.8) is 0 Å². The van der Waals surface area contributed by atoms with Gasteiger partial charge in [0, 0.05) is 12.1 Å². The molecule has 1 amide bonds. The van der Waals surface area contributed by atoms with Crippen LogP contribution in [-0.2, 0) is 4.74 Å². The van der Waals surface area contributed by atoms with Gasteiger partial charge in [0.25, 0.3) is 0 Å². The third kappa shape index (κ3) is 14.0. The van der Waals surface area contributed by atoms with E-state index in [4.69, 9.17) is 4.74 Å². The highest BCUT2D eigenvalue weighted by atomic mass is 16.6. The summed E-state index contributed by atoms with van der Waals surface area (Å²) in [6.07, 6.45) is 13.6. The van der Waals surface area contributed by atoms with Crippen LogP contribution in [0.4, 0.5) is 4.79 Å². The van der Waals surface area contributed by atoms with Crippen LogP contribution in [0.25, 0.3) is 0 Å². The number of ether oxygens (including phenoxy) is 1. The lowest BCUT2D eigenvalue weighted by molar-refractivity contribution is 0.0371. The third-order valence-electron chi connectivity index (χ3n) is 5.78. The van der Waals surface area contributed by atoms with E-state index >= 15 is 0 Å². The van der Waals surface area contributed by atoms with E-state index in [0.717, 1.165) is 13.0 Å². The molecular weight excluding hydrogens is 358 g/mol. The second-order valence-electron chi connectivity index (χ2n) is 10.6. The van der Waals surface area contributed by atoms with Gasteiger partial charge in [-0.15, -0.1) is 0 Å². The molecule has 0 aromatic carbocycles. The number of rotatable bonds is 17. The summed E-state index contributed by atoms with van der Waals surface area (Å²) in [7, 11) is 0. The zero-order valence-corrected chi connectivity index (χ0v) is 21.2. The van der Waals surface area contributed by atoms with E-state index in [1.807, 2.05) is 4.90 Å². The lowest BCUT2D eigenvalue weighted by Crippen LogP contribution is -2.50. The lowest BCUT2D eigenvalue weighted by Gasteiger charge is -2.40. The first kappa shape index (κ1) is 28.3. The fourth-order valence-corrected chi connectivity index (χ4v) is 4.34. The zero-order chi connectivity index (χ0) is 22.3. The van der Waals surface area contributed by atoms with Crippen molar-refractivity contribution in [3.8, 4) is 0 Å². The largest absolute Gasteiger partial charge is 0.449 e. The molecule has 0 aliphatic rings. The van der Waals surface area contributed by atoms with Gasteiger partial charge in [0.05, 0.1) is 6.61 Å². The highest BCUT2D eigenvalue weighted by molar-refractivity contribution is 5.68. The zero-order valence-electron chi connectivity index (χ0n) is 21.2. The first-order valence-electron chi connectivity index (χ1n) is 12.6. The molecule has 0 aliphatic carbocycles. The molecule has 3 heteroatoms. The second kappa shape index (κ2) is 16.0. The number of nitrogens with zero attached hydrogens (tertiary/aromatic N) is 1.